The number of hydrogen-bond acceptors (Lipinski definition) is 6. The molecule has 1 aromatic heterocycles. The van der Waals surface area contributed by atoms with E-state index in [1.165, 1.54) is 25.7 Å². The fraction of sp³-hybridized carbons (Fsp3) is 0.909. The molecule has 0 amide bonds. The molecule has 1 N–H and O–H groups in total. The molecule has 3 rings (SSSR count). The van der Waals surface area contributed by atoms with Crippen LogP contribution in [0.15, 0.2) is 5.16 Å². The molecular weight excluding hydrogens is 250 g/mol. The number of hydrogen-bond donors (Lipinski definition) is 1. The van der Waals surface area contributed by atoms with Crippen molar-refractivity contribution in [2.24, 2.45) is 0 Å². The number of ether oxygens (including phenoxy) is 1. The summed E-state index contributed by atoms with van der Waals surface area (Å²) in [5, 5.41) is 16.4. The first-order valence-corrected chi connectivity index (χ1v) is 7.65. The van der Waals surface area contributed by atoms with Gasteiger partial charge in [-0.3, -0.25) is 0 Å². The molecule has 0 radical (unpaired) electrons. The lowest BCUT2D eigenvalue weighted by molar-refractivity contribution is 0.0440. The van der Waals surface area contributed by atoms with Crippen molar-refractivity contribution >= 4 is 11.8 Å². The molecule has 2 aliphatic rings. The van der Waals surface area contributed by atoms with Crippen LogP contribution in [0.25, 0.3) is 0 Å². The van der Waals surface area contributed by atoms with E-state index < -0.39 is 0 Å². The number of aromatic nitrogens is 4. The summed E-state index contributed by atoms with van der Waals surface area (Å²) in [6, 6.07) is 0.507. The third-order valence-electron chi connectivity index (χ3n) is 3.54. The highest BCUT2D eigenvalue weighted by molar-refractivity contribution is 7.99. The Labute approximate surface area is 111 Å². The molecule has 2 fully saturated rings. The van der Waals surface area contributed by atoms with Gasteiger partial charge < -0.3 is 10.1 Å². The average Bonchev–Trinajstić information content (AvgIpc) is 3.08. The first-order chi connectivity index (χ1) is 8.93. The molecule has 0 spiro atoms. The minimum absolute atomic E-state index is 0.275. The maximum Gasteiger partial charge on any atom is 0.209 e. The lowest BCUT2D eigenvalue weighted by Gasteiger charge is -2.23. The van der Waals surface area contributed by atoms with Crippen molar-refractivity contribution in [3.05, 3.63) is 0 Å². The third-order valence-corrected chi connectivity index (χ3v) is 4.60. The van der Waals surface area contributed by atoms with Crippen LogP contribution in [0, 0.1) is 0 Å². The van der Waals surface area contributed by atoms with E-state index in [1.54, 1.807) is 11.8 Å². The zero-order chi connectivity index (χ0) is 12.2. The standard InChI is InChI=1S/C11H19N5OS/c1-2-4-9(3-1)16-11(13-14-15-16)18-8-10-7-12-5-6-17-10/h9-10,12H,1-8H2. The second kappa shape index (κ2) is 5.99. The van der Waals surface area contributed by atoms with Crippen molar-refractivity contribution in [2.75, 3.05) is 25.4 Å². The highest BCUT2D eigenvalue weighted by Gasteiger charge is 2.22. The van der Waals surface area contributed by atoms with Crippen LogP contribution in [0.3, 0.4) is 0 Å². The monoisotopic (exact) mass is 269 g/mol. The Bertz CT molecular complexity index is 373. The summed E-state index contributed by atoms with van der Waals surface area (Å²) in [6.45, 7) is 2.69. The minimum atomic E-state index is 0.275. The zero-order valence-electron chi connectivity index (χ0n) is 10.4. The van der Waals surface area contributed by atoms with E-state index in [0.717, 1.165) is 30.6 Å². The molecule has 1 unspecified atom stereocenters. The highest BCUT2D eigenvalue weighted by atomic mass is 32.2. The van der Waals surface area contributed by atoms with Gasteiger partial charge in [-0.15, -0.1) is 5.10 Å². The van der Waals surface area contributed by atoms with Gasteiger partial charge in [-0.05, 0) is 23.3 Å². The number of nitrogens with one attached hydrogen (secondary N) is 1. The predicted octanol–water partition coefficient (Wildman–Crippen LogP) is 0.869. The van der Waals surface area contributed by atoms with E-state index in [4.69, 9.17) is 4.74 Å². The maximum absolute atomic E-state index is 5.68. The van der Waals surface area contributed by atoms with E-state index >= 15 is 0 Å². The van der Waals surface area contributed by atoms with E-state index in [0.29, 0.717) is 6.04 Å². The molecule has 7 heteroatoms. The van der Waals surface area contributed by atoms with Crippen molar-refractivity contribution in [3.63, 3.8) is 0 Å². The molecule has 1 atom stereocenters. The van der Waals surface area contributed by atoms with Crippen LogP contribution in [0.1, 0.15) is 31.7 Å². The summed E-state index contributed by atoms with van der Waals surface area (Å²) in [5.74, 6) is 0.917. The third kappa shape index (κ3) is 2.84. The lowest BCUT2D eigenvalue weighted by atomic mass is 10.3. The van der Waals surface area contributed by atoms with E-state index in [-0.39, 0.29) is 6.10 Å². The molecule has 0 bridgehead atoms. The summed E-state index contributed by atoms with van der Waals surface area (Å²) < 4.78 is 7.69. The molecule has 0 aromatic carbocycles. The number of tetrazole rings is 1. The van der Waals surface area contributed by atoms with E-state index in [1.807, 2.05) is 4.68 Å². The van der Waals surface area contributed by atoms with Crippen molar-refractivity contribution < 1.29 is 4.74 Å². The fourth-order valence-electron chi connectivity index (χ4n) is 2.55. The second-order valence-electron chi connectivity index (χ2n) is 4.85. The Morgan fingerprint density at radius 3 is 3.06 bits per heavy atom. The Hall–Kier alpha value is -0.660. The largest absolute Gasteiger partial charge is 0.375 e. The van der Waals surface area contributed by atoms with Crippen LogP contribution in [0.4, 0.5) is 0 Å². The number of nitrogens with zero attached hydrogens (tertiary/aromatic N) is 4. The molecule has 1 saturated heterocycles. The van der Waals surface area contributed by atoms with Crippen LogP contribution in [-0.4, -0.2) is 51.8 Å². The molecule has 2 heterocycles. The Kier molecular flexibility index (Phi) is 4.12. The summed E-state index contributed by atoms with van der Waals surface area (Å²) in [6.07, 6.45) is 5.28. The van der Waals surface area contributed by atoms with Gasteiger partial charge in [0.25, 0.3) is 0 Å². The van der Waals surface area contributed by atoms with Gasteiger partial charge in [-0.25, -0.2) is 4.68 Å². The van der Waals surface area contributed by atoms with Crippen LogP contribution in [0.5, 0.6) is 0 Å². The van der Waals surface area contributed by atoms with Crippen molar-refractivity contribution in [2.45, 2.75) is 43.0 Å². The summed E-state index contributed by atoms with van der Waals surface area (Å²) in [5.41, 5.74) is 0. The average molecular weight is 269 g/mol. The Morgan fingerprint density at radius 1 is 1.39 bits per heavy atom. The Balaban J connectivity index is 1.56. The normalized spacial score (nSPS) is 25.7. The van der Waals surface area contributed by atoms with Crippen LogP contribution < -0.4 is 5.32 Å². The van der Waals surface area contributed by atoms with Gasteiger partial charge in [-0.1, -0.05) is 24.6 Å². The zero-order valence-corrected chi connectivity index (χ0v) is 11.2. The Morgan fingerprint density at radius 2 is 2.28 bits per heavy atom. The second-order valence-corrected chi connectivity index (χ2v) is 5.84. The van der Waals surface area contributed by atoms with Gasteiger partial charge >= 0.3 is 0 Å². The molecule has 6 nitrogen and oxygen atoms in total. The smallest absolute Gasteiger partial charge is 0.209 e. The topological polar surface area (TPSA) is 64.9 Å². The molecule has 1 aliphatic heterocycles. The summed E-state index contributed by atoms with van der Waals surface area (Å²) >= 11 is 1.71. The molecule has 1 saturated carbocycles. The van der Waals surface area contributed by atoms with Gasteiger partial charge in [0.2, 0.25) is 5.16 Å². The predicted molar refractivity (Wildman–Crippen MR) is 68.7 cm³/mol. The number of morpholine rings is 1. The first kappa shape index (κ1) is 12.4. The molecule has 18 heavy (non-hydrogen) atoms. The van der Waals surface area contributed by atoms with E-state index in [9.17, 15) is 0 Å². The van der Waals surface area contributed by atoms with Crippen molar-refractivity contribution in [1.29, 1.82) is 0 Å². The van der Waals surface area contributed by atoms with Crippen LogP contribution >= 0.6 is 11.8 Å². The molecule has 1 aliphatic carbocycles. The fourth-order valence-corrected chi connectivity index (χ4v) is 3.51. The number of thioether (sulfide) groups is 1. The van der Waals surface area contributed by atoms with Crippen LogP contribution in [0.2, 0.25) is 0 Å². The van der Waals surface area contributed by atoms with Crippen LogP contribution in [-0.2, 0) is 4.74 Å². The van der Waals surface area contributed by atoms with Crippen molar-refractivity contribution in [3.8, 4) is 0 Å². The quantitative estimate of drug-likeness (QED) is 0.818. The highest BCUT2D eigenvalue weighted by Crippen LogP contribution is 2.31. The molecular formula is C11H19N5OS. The van der Waals surface area contributed by atoms with Crippen molar-refractivity contribution in [1.82, 2.24) is 25.5 Å². The summed E-state index contributed by atoms with van der Waals surface area (Å²) in [7, 11) is 0. The minimum Gasteiger partial charge on any atom is -0.375 e. The van der Waals surface area contributed by atoms with Gasteiger partial charge in [0, 0.05) is 18.8 Å². The van der Waals surface area contributed by atoms with E-state index in [2.05, 4.69) is 20.8 Å². The molecule has 100 valence electrons. The van der Waals surface area contributed by atoms with Gasteiger partial charge in [0.1, 0.15) is 0 Å². The van der Waals surface area contributed by atoms with Gasteiger partial charge in [-0.2, -0.15) is 0 Å². The first-order valence-electron chi connectivity index (χ1n) is 6.66. The van der Waals surface area contributed by atoms with Gasteiger partial charge in [0.05, 0.1) is 18.8 Å². The van der Waals surface area contributed by atoms with Gasteiger partial charge in [0.15, 0.2) is 0 Å². The molecule has 1 aromatic rings. The summed E-state index contributed by atoms with van der Waals surface area (Å²) in [4.78, 5) is 0. The maximum atomic E-state index is 5.68. The SMILES string of the molecule is C1CCC(n2nnnc2SCC2CNCCO2)C1. The number of rotatable bonds is 4. The lowest BCUT2D eigenvalue weighted by Crippen LogP contribution is -2.39.